The van der Waals surface area contributed by atoms with Gasteiger partial charge in [0.1, 0.15) is 5.00 Å². The molecule has 0 saturated heterocycles. The van der Waals surface area contributed by atoms with Gasteiger partial charge in [-0.3, -0.25) is 9.59 Å². The van der Waals surface area contributed by atoms with Crippen LogP contribution in [-0.2, 0) is 24.7 Å². The average Bonchev–Trinajstić information content (AvgIpc) is 2.94. The molecular formula is C19H19N3O4S. The van der Waals surface area contributed by atoms with Crippen molar-refractivity contribution in [2.24, 2.45) is 7.05 Å². The largest absolute Gasteiger partial charge is 0.478 e. The summed E-state index contributed by atoms with van der Waals surface area (Å²) in [5.74, 6) is -1.44. The second-order valence-corrected chi connectivity index (χ2v) is 7.37. The number of rotatable bonds is 5. The number of aryl methyl sites for hydroxylation is 2. The number of nitrogens with one attached hydrogen (secondary N) is 1. The van der Waals surface area contributed by atoms with Gasteiger partial charge in [0.05, 0.1) is 23.1 Å². The van der Waals surface area contributed by atoms with Gasteiger partial charge in [-0.05, 0) is 25.0 Å². The molecule has 0 atom stereocenters. The number of amides is 1. The van der Waals surface area contributed by atoms with Crippen LogP contribution in [-0.4, -0.2) is 26.8 Å². The number of carboxylic acids is 1. The molecular weight excluding hydrogens is 366 g/mol. The summed E-state index contributed by atoms with van der Waals surface area (Å²) in [7, 11) is 1.54. The molecule has 0 unspecified atom stereocenters. The van der Waals surface area contributed by atoms with Gasteiger partial charge in [0, 0.05) is 17.3 Å². The van der Waals surface area contributed by atoms with Gasteiger partial charge in [0.2, 0.25) is 5.91 Å². The van der Waals surface area contributed by atoms with Crippen molar-refractivity contribution >= 4 is 39.0 Å². The SMILES string of the molecule is CCc1c(C)sc(NC(=O)Cc2nn(C)c(=O)c3ccccc23)c1C(=O)O. The van der Waals surface area contributed by atoms with Crippen LogP contribution in [0.2, 0.25) is 0 Å². The zero-order valence-corrected chi connectivity index (χ0v) is 16.0. The summed E-state index contributed by atoms with van der Waals surface area (Å²) in [4.78, 5) is 37.3. The topological polar surface area (TPSA) is 101 Å². The maximum absolute atomic E-state index is 12.6. The Morgan fingerprint density at radius 1 is 1.26 bits per heavy atom. The van der Waals surface area contributed by atoms with Crippen LogP contribution in [0.4, 0.5) is 5.00 Å². The lowest BCUT2D eigenvalue weighted by Crippen LogP contribution is -2.24. The van der Waals surface area contributed by atoms with E-state index < -0.39 is 5.97 Å². The maximum Gasteiger partial charge on any atom is 0.339 e. The van der Waals surface area contributed by atoms with Crippen LogP contribution in [0.3, 0.4) is 0 Å². The van der Waals surface area contributed by atoms with Gasteiger partial charge in [0.15, 0.2) is 0 Å². The second kappa shape index (κ2) is 7.32. The smallest absolute Gasteiger partial charge is 0.339 e. The number of aromatic carboxylic acids is 1. The number of carbonyl (C=O) groups is 2. The molecule has 0 saturated carbocycles. The summed E-state index contributed by atoms with van der Waals surface area (Å²) in [5, 5.41) is 17.9. The molecule has 0 spiro atoms. The van der Waals surface area contributed by atoms with E-state index in [1.54, 1.807) is 24.3 Å². The first-order valence-corrected chi connectivity index (χ1v) is 9.25. The third kappa shape index (κ3) is 3.48. The van der Waals surface area contributed by atoms with Crippen LogP contribution in [0.15, 0.2) is 29.1 Å². The molecule has 0 radical (unpaired) electrons. The fraction of sp³-hybridized carbons (Fsp3) is 0.263. The molecule has 7 nitrogen and oxygen atoms in total. The highest BCUT2D eigenvalue weighted by Gasteiger charge is 2.22. The molecule has 8 heteroatoms. The van der Waals surface area contributed by atoms with Gasteiger partial charge in [0.25, 0.3) is 5.56 Å². The van der Waals surface area contributed by atoms with E-state index in [2.05, 4.69) is 10.4 Å². The fourth-order valence-electron chi connectivity index (χ4n) is 3.15. The number of nitrogens with zero attached hydrogens (tertiary/aromatic N) is 2. The fourth-order valence-corrected chi connectivity index (χ4v) is 4.30. The normalized spacial score (nSPS) is 10.9. The number of fused-ring (bicyclic) bond motifs is 1. The molecule has 140 valence electrons. The van der Waals surface area contributed by atoms with Gasteiger partial charge in [-0.15, -0.1) is 11.3 Å². The van der Waals surface area contributed by atoms with E-state index in [0.717, 1.165) is 10.4 Å². The van der Waals surface area contributed by atoms with Gasteiger partial charge < -0.3 is 10.4 Å². The monoisotopic (exact) mass is 385 g/mol. The molecule has 3 rings (SSSR count). The number of anilines is 1. The lowest BCUT2D eigenvalue weighted by atomic mass is 10.1. The Labute approximate surface area is 159 Å². The quantitative estimate of drug-likeness (QED) is 0.703. The van der Waals surface area contributed by atoms with Gasteiger partial charge in [-0.2, -0.15) is 5.10 Å². The summed E-state index contributed by atoms with van der Waals surface area (Å²) in [6, 6.07) is 6.98. The summed E-state index contributed by atoms with van der Waals surface area (Å²) in [6.07, 6.45) is 0.513. The molecule has 0 aliphatic rings. The third-order valence-corrected chi connectivity index (χ3v) is 5.45. The molecule has 1 amide bonds. The Hall–Kier alpha value is -3.00. The molecule has 2 heterocycles. The van der Waals surface area contributed by atoms with Crippen LogP contribution in [0, 0.1) is 6.92 Å². The summed E-state index contributed by atoms with van der Waals surface area (Å²) >= 11 is 1.25. The standard InChI is InChI=1S/C19H19N3O4S/c1-4-11-10(2)27-17(16(11)19(25)26)20-15(23)9-14-12-7-5-6-8-13(12)18(24)22(3)21-14/h5-8H,4,9H2,1-3H3,(H,20,23)(H,25,26). The van der Waals surface area contributed by atoms with Crippen LogP contribution in [0.25, 0.3) is 10.8 Å². The zero-order valence-electron chi connectivity index (χ0n) is 15.2. The summed E-state index contributed by atoms with van der Waals surface area (Å²) < 4.78 is 1.21. The molecule has 0 fully saturated rings. The van der Waals surface area contributed by atoms with Gasteiger partial charge in [-0.1, -0.05) is 25.1 Å². The summed E-state index contributed by atoms with van der Waals surface area (Å²) in [5.41, 5.74) is 1.11. The molecule has 0 bridgehead atoms. The minimum Gasteiger partial charge on any atom is -0.478 e. The first-order valence-electron chi connectivity index (χ1n) is 8.43. The van der Waals surface area contributed by atoms with Crippen molar-refractivity contribution in [1.82, 2.24) is 9.78 Å². The highest BCUT2D eigenvalue weighted by molar-refractivity contribution is 7.16. The third-order valence-electron chi connectivity index (χ3n) is 4.39. The van der Waals surface area contributed by atoms with E-state index in [-0.39, 0.29) is 23.5 Å². The lowest BCUT2D eigenvalue weighted by Gasteiger charge is -2.09. The number of benzene rings is 1. The van der Waals surface area contributed by atoms with Crippen LogP contribution in [0.1, 0.15) is 33.4 Å². The second-order valence-electron chi connectivity index (χ2n) is 6.15. The van der Waals surface area contributed by atoms with E-state index in [0.29, 0.717) is 27.9 Å². The predicted octanol–water partition coefficient (Wildman–Crippen LogP) is 2.75. The number of thiophene rings is 1. The Kier molecular flexibility index (Phi) is 5.09. The number of aromatic nitrogens is 2. The molecule has 3 aromatic rings. The molecule has 0 aliphatic carbocycles. The van der Waals surface area contributed by atoms with E-state index >= 15 is 0 Å². The Morgan fingerprint density at radius 2 is 1.93 bits per heavy atom. The highest BCUT2D eigenvalue weighted by atomic mass is 32.1. The lowest BCUT2D eigenvalue weighted by molar-refractivity contribution is -0.115. The minimum absolute atomic E-state index is 0.0634. The molecule has 1 aromatic carbocycles. The van der Waals surface area contributed by atoms with Gasteiger partial charge in [-0.25, -0.2) is 9.48 Å². The zero-order chi connectivity index (χ0) is 19.7. The van der Waals surface area contributed by atoms with Gasteiger partial charge >= 0.3 is 5.97 Å². The molecule has 27 heavy (non-hydrogen) atoms. The summed E-state index contributed by atoms with van der Waals surface area (Å²) in [6.45, 7) is 3.72. The Balaban J connectivity index is 1.94. The minimum atomic E-state index is -1.06. The molecule has 2 aromatic heterocycles. The molecule has 2 N–H and O–H groups in total. The van der Waals surface area contributed by atoms with E-state index in [1.165, 1.54) is 23.1 Å². The average molecular weight is 385 g/mol. The number of hydrogen-bond acceptors (Lipinski definition) is 5. The maximum atomic E-state index is 12.6. The van der Waals surface area contributed by atoms with Crippen molar-refractivity contribution in [3.8, 4) is 0 Å². The van der Waals surface area contributed by atoms with E-state index in [4.69, 9.17) is 0 Å². The van der Waals surface area contributed by atoms with Crippen molar-refractivity contribution < 1.29 is 14.7 Å². The Bertz CT molecular complexity index is 1110. The van der Waals surface area contributed by atoms with Crippen LogP contribution >= 0.6 is 11.3 Å². The van der Waals surface area contributed by atoms with Crippen molar-refractivity contribution in [1.29, 1.82) is 0 Å². The van der Waals surface area contributed by atoms with Crippen molar-refractivity contribution in [2.75, 3.05) is 5.32 Å². The van der Waals surface area contributed by atoms with E-state index in [1.807, 2.05) is 13.8 Å². The van der Waals surface area contributed by atoms with Crippen LogP contribution < -0.4 is 10.9 Å². The molecule has 0 aliphatic heterocycles. The van der Waals surface area contributed by atoms with Crippen LogP contribution in [0.5, 0.6) is 0 Å². The van der Waals surface area contributed by atoms with Crippen molar-refractivity contribution in [2.45, 2.75) is 26.7 Å². The predicted molar refractivity (Wildman–Crippen MR) is 105 cm³/mol. The van der Waals surface area contributed by atoms with E-state index in [9.17, 15) is 19.5 Å². The number of hydrogen-bond donors (Lipinski definition) is 2. The number of carboxylic acid groups (broad SMARTS) is 1. The van der Waals surface area contributed by atoms with Crippen molar-refractivity contribution in [3.05, 3.63) is 56.3 Å². The first kappa shape index (κ1) is 18.8. The Morgan fingerprint density at radius 3 is 2.56 bits per heavy atom. The first-order chi connectivity index (χ1) is 12.8. The highest BCUT2D eigenvalue weighted by Crippen LogP contribution is 2.33. The number of carbonyl (C=O) groups excluding carboxylic acids is 1. The van der Waals surface area contributed by atoms with Crippen molar-refractivity contribution in [3.63, 3.8) is 0 Å².